The number of ether oxygens (including phenoxy) is 1. The van der Waals surface area contributed by atoms with E-state index in [0.29, 0.717) is 6.04 Å². The minimum atomic E-state index is 0.575. The van der Waals surface area contributed by atoms with Crippen LogP contribution < -0.4 is 10.1 Å². The van der Waals surface area contributed by atoms with E-state index >= 15 is 0 Å². The number of rotatable bonds is 2. The van der Waals surface area contributed by atoms with Gasteiger partial charge in [0.15, 0.2) is 0 Å². The fourth-order valence-electron chi connectivity index (χ4n) is 2.22. The number of benzene rings is 1. The average Bonchev–Trinajstić information content (AvgIpc) is 2.30. The maximum Gasteiger partial charge on any atom is 0.128 e. The lowest BCUT2D eigenvalue weighted by atomic mass is 9.97. The van der Waals surface area contributed by atoms with Gasteiger partial charge in [-0.15, -0.1) is 0 Å². The Bertz CT molecular complexity index is 334. The Morgan fingerprint density at radius 2 is 2.27 bits per heavy atom. The number of halogens is 1. The smallest absolute Gasteiger partial charge is 0.128 e. The van der Waals surface area contributed by atoms with E-state index < -0.39 is 0 Å². The SMILES string of the molecule is COc1ccc(Br)cc1[C@@H]1CCCC[NH2+]1. The van der Waals surface area contributed by atoms with Gasteiger partial charge in [0.25, 0.3) is 0 Å². The second-order valence-corrected chi connectivity index (χ2v) is 4.93. The van der Waals surface area contributed by atoms with Gasteiger partial charge in [-0.05, 0) is 31.0 Å². The summed E-state index contributed by atoms with van der Waals surface area (Å²) in [5.74, 6) is 1.02. The van der Waals surface area contributed by atoms with E-state index in [9.17, 15) is 0 Å². The minimum Gasteiger partial charge on any atom is -0.496 e. The molecule has 2 N–H and O–H groups in total. The summed E-state index contributed by atoms with van der Waals surface area (Å²) in [5.41, 5.74) is 1.33. The van der Waals surface area contributed by atoms with Crippen LogP contribution in [0.5, 0.6) is 5.75 Å². The lowest BCUT2D eigenvalue weighted by Crippen LogP contribution is -2.86. The van der Waals surface area contributed by atoms with E-state index in [1.807, 2.05) is 12.1 Å². The van der Waals surface area contributed by atoms with E-state index in [2.05, 4.69) is 27.3 Å². The van der Waals surface area contributed by atoms with Crippen molar-refractivity contribution in [2.75, 3.05) is 13.7 Å². The zero-order valence-electron chi connectivity index (χ0n) is 9.00. The summed E-state index contributed by atoms with van der Waals surface area (Å²) in [6.07, 6.45) is 3.93. The van der Waals surface area contributed by atoms with Crippen molar-refractivity contribution in [1.29, 1.82) is 0 Å². The van der Waals surface area contributed by atoms with Gasteiger partial charge in [-0.25, -0.2) is 0 Å². The Morgan fingerprint density at radius 3 is 2.93 bits per heavy atom. The molecule has 0 spiro atoms. The third-order valence-corrected chi connectivity index (χ3v) is 3.50. The fraction of sp³-hybridized carbons (Fsp3) is 0.500. The van der Waals surface area contributed by atoms with Crippen molar-refractivity contribution >= 4 is 15.9 Å². The molecule has 1 fully saturated rings. The van der Waals surface area contributed by atoms with Crippen LogP contribution in [0.1, 0.15) is 30.9 Å². The maximum atomic E-state index is 5.41. The Labute approximate surface area is 99.1 Å². The second-order valence-electron chi connectivity index (χ2n) is 4.01. The number of methoxy groups -OCH3 is 1. The van der Waals surface area contributed by atoms with Gasteiger partial charge >= 0.3 is 0 Å². The highest BCUT2D eigenvalue weighted by atomic mass is 79.9. The molecule has 0 radical (unpaired) electrons. The Morgan fingerprint density at radius 1 is 1.40 bits per heavy atom. The summed E-state index contributed by atoms with van der Waals surface area (Å²) in [6, 6.07) is 6.84. The van der Waals surface area contributed by atoms with Crippen LogP contribution in [-0.4, -0.2) is 13.7 Å². The first-order chi connectivity index (χ1) is 7.31. The number of hydrogen-bond donors (Lipinski definition) is 1. The topological polar surface area (TPSA) is 25.8 Å². The highest BCUT2D eigenvalue weighted by molar-refractivity contribution is 9.10. The standard InChI is InChI=1S/C12H16BrNO/c1-15-12-6-5-9(13)8-10(12)11-4-2-3-7-14-11/h5-6,8,11,14H,2-4,7H2,1H3/p+1/t11-/m0/s1. The molecule has 1 saturated heterocycles. The number of quaternary nitrogens is 1. The molecule has 0 bridgehead atoms. The first-order valence-electron chi connectivity index (χ1n) is 5.48. The largest absolute Gasteiger partial charge is 0.496 e. The van der Waals surface area contributed by atoms with Crippen LogP contribution in [0.4, 0.5) is 0 Å². The van der Waals surface area contributed by atoms with Crippen LogP contribution in [-0.2, 0) is 0 Å². The van der Waals surface area contributed by atoms with Gasteiger partial charge in [0, 0.05) is 10.9 Å². The molecule has 1 aromatic carbocycles. The molecule has 3 heteroatoms. The monoisotopic (exact) mass is 270 g/mol. The quantitative estimate of drug-likeness (QED) is 0.877. The van der Waals surface area contributed by atoms with Gasteiger partial charge in [-0.3, -0.25) is 0 Å². The molecular weight excluding hydrogens is 254 g/mol. The number of hydrogen-bond acceptors (Lipinski definition) is 1. The molecule has 0 aromatic heterocycles. The molecule has 0 saturated carbocycles. The van der Waals surface area contributed by atoms with Crippen LogP contribution in [0, 0.1) is 0 Å². The highest BCUT2D eigenvalue weighted by Gasteiger charge is 2.21. The predicted molar refractivity (Wildman–Crippen MR) is 64.1 cm³/mol. The van der Waals surface area contributed by atoms with Crippen molar-refractivity contribution in [3.8, 4) is 5.75 Å². The van der Waals surface area contributed by atoms with Crippen molar-refractivity contribution in [3.05, 3.63) is 28.2 Å². The molecule has 2 nitrogen and oxygen atoms in total. The van der Waals surface area contributed by atoms with E-state index in [4.69, 9.17) is 4.74 Å². The molecule has 15 heavy (non-hydrogen) atoms. The second kappa shape index (κ2) is 4.99. The highest BCUT2D eigenvalue weighted by Crippen LogP contribution is 2.29. The molecule has 1 aliphatic rings. The summed E-state index contributed by atoms with van der Waals surface area (Å²) < 4.78 is 6.55. The summed E-state index contributed by atoms with van der Waals surface area (Å²) in [5, 5.41) is 2.42. The van der Waals surface area contributed by atoms with Crippen LogP contribution in [0.2, 0.25) is 0 Å². The molecular formula is C12H17BrNO+. The Kier molecular flexibility index (Phi) is 3.65. The van der Waals surface area contributed by atoms with Crippen LogP contribution in [0.3, 0.4) is 0 Å². The van der Waals surface area contributed by atoms with E-state index in [0.717, 1.165) is 10.2 Å². The summed E-state index contributed by atoms with van der Waals surface area (Å²) in [6.45, 7) is 1.24. The number of nitrogens with two attached hydrogens (primary N) is 1. The van der Waals surface area contributed by atoms with Crippen LogP contribution in [0.15, 0.2) is 22.7 Å². The number of piperidine rings is 1. The zero-order valence-corrected chi connectivity index (χ0v) is 10.6. The molecule has 0 amide bonds. The molecule has 82 valence electrons. The van der Waals surface area contributed by atoms with Gasteiger partial charge in [0.2, 0.25) is 0 Å². The summed E-state index contributed by atoms with van der Waals surface area (Å²) in [4.78, 5) is 0. The van der Waals surface area contributed by atoms with Crippen molar-refractivity contribution in [3.63, 3.8) is 0 Å². The van der Waals surface area contributed by atoms with E-state index in [1.165, 1.54) is 31.4 Å². The maximum absolute atomic E-state index is 5.41. The molecule has 1 heterocycles. The first-order valence-corrected chi connectivity index (χ1v) is 6.27. The lowest BCUT2D eigenvalue weighted by Gasteiger charge is -2.22. The van der Waals surface area contributed by atoms with Gasteiger partial charge in [0.1, 0.15) is 11.8 Å². The Hall–Kier alpha value is -0.540. The van der Waals surface area contributed by atoms with Crippen LogP contribution >= 0.6 is 15.9 Å². The first kappa shape index (κ1) is 11.0. The molecule has 2 rings (SSSR count). The molecule has 1 aromatic rings. The Balaban J connectivity index is 2.27. The summed E-state index contributed by atoms with van der Waals surface area (Å²) >= 11 is 3.52. The third-order valence-electron chi connectivity index (χ3n) is 3.01. The zero-order chi connectivity index (χ0) is 10.7. The van der Waals surface area contributed by atoms with E-state index in [-0.39, 0.29) is 0 Å². The molecule has 0 unspecified atom stereocenters. The van der Waals surface area contributed by atoms with Crippen molar-refractivity contribution < 1.29 is 10.1 Å². The molecule has 1 aliphatic heterocycles. The molecule has 1 atom stereocenters. The van der Waals surface area contributed by atoms with Gasteiger partial charge in [-0.1, -0.05) is 15.9 Å². The lowest BCUT2D eigenvalue weighted by molar-refractivity contribution is -0.704. The average molecular weight is 271 g/mol. The fourth-order valence-corrected chi connectivity index (χ4v) is 2.60. The molecule has 0 aliphatic carbocycles. The normalized spacial score (nSPS) is 21.3. The van der Waals surface area contributed by atoms with Gasteiger partial charge < -0.3 is 10.1 Å². The predicted octanol–water partition coefficient (Wildman–Crippen LogP) is 2.25. The van der Waals surface area contributed by atoms with Gasteiger partial charge in [-0.2, -0.15) is 0 Å². The van der Waals surface area contributed by atoms with Gasteiger partial charge in [0.05, 0.1) is 19.2 Å². The van der Waals surface area contributed by atoms with Crippen molar-refractivity contribution in [2.45, 2.75) is 25.3 Å². The van der Waals surface area contributed by atoms with Crippen LogP contribution in [0.25, 0.3) is 0 Å². The van der Waals surface area contributed by atoms with Crippen molar-refractivity contribution in [1.82, 2.24) is 0 Å². The van der Waals surface area contributed by atoms with Crippen molar-refractivity contribution in [2.24, 2.45) is 0 Å². The third kappa shape index (κ3) is 2.52. The summed E-state index contributed by atoms with van der Waals surface area (Å²) in [7, 11) is 1.75. The van der Waals surface area contributed by atoms with E-state index in [1.54, 1.807) is 7.11 Å². The minimum absolute atomic E-state index is 0.575.